The van der Waals surface area contributed by atoms with Gasteiger partial charge in [-0.05, 0) is 31.9 Å². The Morgan fingerprint density at radius 2 is 2.06 bits per heavy atom. The first kappa shape index (κ1) is 25.5. The topological polar surface area (TPSA) is 158 Å². The number of hydrogen-bond donors (Lipinski definition) is 2. The van der Waals surface area contributed by atoms with Gasteiger partial charge in [-0.2, -0.15) is 10.1 Å². The van der Waals surface area contributed by atoms with Crippen LogP contribution in [0.1, 0.15) is 38.7 Å². The highest BCUT2D eigenvalue weighted by molar-refractivity contribution is 6.25. The number of carbonyl (C=O) groups excluding carboxylic acids is 3. The summed E-state index contributed by atoms with van der Waals surface area (Å²) in [4.78, 5) is 43.1. The van der Waals surface area contributed by atoms with E-state index in [9.17, 15) is 14.4 Å². The van der Waals surface area contributed by atoms with Crippen molar-refractivity contribution in [3.8, 4) is 6.07 Å². The van der Waals surface area contributed by atoms with Crippen molar-refractivity contribution >= 4 is 34.8 Å². The molecule has 2 aromatic rings. The van der Waals surface area contributed by atoms with E-state index in [0.29, 0.717) is 0 Å². The predicted molar refractivity (Wildman–Crippen MR) is 119 cm³/mol. The standard InChI is InChI=1S/C23H27N5O5/c1-15(2)33-23(31)20(9-8-17(29)14-27-25)28-22(30)21(32-11-5-10-24)12-16-13-26-19-7-4-3-6-18(16)19/h3-4,6-7,13-15,20-21,26H,5,8-9,11-12H2,1-2H3,(H,28,30)/t20-,21-/m0/s1. The minimum atomic E-state index is -1.10. The highest BCUT2D eigenvalue weighted by atomic mass is 16.5. The lowest BCUT2D eigenvalue weighted by atomic mass is 10.0. The summed E-state index contributed by atoms with van der Waals surface area (Å²) in [5, 5.41) is 12.4. The average molecular weight is 453 g/mol. The molecule has 0 radical (unpaired) electrons. The van der Waals surface area contributed by atoms with E-state index in [0.717, 1.165) is 22.7 Å². The van der Waals surface area contributed by atoms with Gasteiger partial charge in [0.05, 0.1) is 25.2 Å². The number of para-hydroxylation sites is 1. The van der Waals surface area contributed by atoms with Crippen molar-refractivity contribution < 1.29 is 28.6 Å². The summed E-state index contributed by atoms with van der Waals surface area (Å²) in [6.45, 7) is 3.39. The van der Waals surface area contributed by atoms with Crippen molar-refractivity contribution in [2.45, 2.75) is 57.8 Å². The van der Waals surface area contributed by atoms with Gasteiger partial charge in [-0.15, -0.1) is 0 Å². The number of hydrogen-bond acceptors (Lipinski definition) is 6. The quantitative estimate of drug-likeness (QED) is 0.155. The summed E-state index contributed by atoms with van der Waals surface area (Å²) in [5.41, 5.74) is 10.2. The summed E-state index contributed by atoms with van der Waals surface area (Å²) in [7, 11) is 0. The van der Waals surface area contributed by atoms with Crippen molar-refractivity contribution in [3.05, 3.63) is 41.6 Å². The Bertz CT molecular complexity index is 1060. The van der Waals surface area contributed by atoms with Crippen LogP contribution < -0.4 is 5.32 Å². The average Bonchev–Trinajstić information content (AvgIpc) is 3.18. The first-order valence-corrected chi connectivity index (χ1v) is 10.6. The molecule has 2 atom stereocenters. The number of fused-ring (bicyclic) bond motifs is 1. The summed E-state index contributed by atoms with van der Waals surface area (Å²) >= 11 is 0. The molecule has 1 amide bonds. The van der Waals surface area contributed by atoms with Gasteiger partial charge in [-0.3, -0.25) is 9.59 Å². The third kappa shape index (κ3) is 8.00. The summed E-state index contributed by atoms with van der Waals surface area (Å²) in [5.74, 6) is -1.75. The number of carbonyl (C=O) groups is 3. The zero-order chi connectivity index (χ0) is 24.2. The van der Waals surface area contributed by atoms with Gasteiger partial charge >= 0.3 is 12.2 Å². The van der Waals surface area contributed by atoms with Crippen LogP contribution in [-0.4, -0.2) is 58.5 Å². The molecule has 1 aromatic heterocycles. The molecule has 0 bridgehead atoms. The molecule has 0 aliphatic rings. The van der Waals surface area contributed by atoms with Crippen LogP contribution in [0.4, 0.5) is 0 Å². The van der Waals surface area contributed by atoms with E-state index >= 15 is 0 Å². The van der Waals surface area contributed by atoms with Gasteiger partial charge in [0.25, 0.3) is 0 Å². The van der Waals surface area contributed by atoms with E-state index in [1.54, 1.807) is 20.0 Å². The monoisotopic (exact) mass is 453 g/mol. The zero-order valence-electron chi connectivity index (χ0n) is 18.6. The van der Waals surface area contributed by atoms with Crippen molar-refractivity contribution in [2.24, 2.45) is 0 Å². The van der Waals surface area contributed by atoms with Gasteiger partial charge in [-0.25, -0.2) is 4.79 Å². The molecule has 0 unspecified atom stereocenters. The maximum atomic E-state index is 13.1. The second kappa shape index (κ2) is 12.9. The minimum Gasteiger partial charge on any atom is -0.461 e. The molecule has 33 heavy (non-hydrogen) atoms. The third-order valence-electron chi connectivity index (χ3n) is 4.74. The molecule has 10 heteroatoms. The Kier molecular flexibility index (Phi) is 9.96. The van der Waals surface area contributed by atoms with Crippen LogP contribution in [-0.2, 0) is 30.3 Å². The molecule has 0 saturated heterocycles. The van der Waals surface area contributed by atoms with E-state index < -0.39 is 35.9 Å². The molecule has 2 rings (SSSR count). The summed E-state index contributed by atoms with van der Waals surface area (Å²) < 4.78 is 10.9. The van der Waals surface area contributed by atoms with Crippen molar-refractivity contribution in [1.82, 2.24) is 10.3 Å². The maximum Gasteiger partial charge on any atom is 0.328 e. The van der Waals surface area contributed by atoms with E-state index in [4.69, 9.17) is 20.3 Å². The van der Waals surface area contributed by atoms with Crippen molar-refractivity contribution in [3.63, 3.8) is 0 Å². The fourth-order valence-electron chi connectivity index (χ4n) is 3.22. The smallest absolute Gasteiger partial charge is 0.328 e. The SMILES string of the molecule is CC(C)OC(=O)[C@H](CCC(=O)C=[N+]=[N-])NC(=O)[C@H](Cc1c[nH]c2ccccc12)OCCC#N. The number of ketones is 1. The number of H-pyrrole nitrogens is 1. The molecule has 10 nitrogen and oxygen atoms in total. The molecule has 2 N–H and O–H groups in total. The number of amides is 1. The number of nitrogens with one attached hydrogen (secondary N) is 2. The molecule has 0 spiro atoms. The lowest BCUT2D eigenvalue weighted by molar-refractivity contribution is -0.153. The van der Waals surface area contributed by atoms with Crippen LogP contribution in [0.15, 0.2) is 30.5 Å². The molecule has 1 aromatic carbocycles. The molecule has 0 fully saturated rings. The number of nitriles is 1. The molecule has 1 heterocycles. The van der Waals surface area contributed by atoms with Crippen LogP contribution in [0.25, 0.3) is 16.4 Å². The predicted octanol–water partition coefficient (Wildman–Crippen LogP) is 2.10. The summed E-state index contributed by atoms with van der Waals surface area (Å²) in [6.07, 6.45) is 1.27. The lowest BCUT2D eigenvalue weighted by Crippen LogP contribution is -2.48. The fraction of sp³-hybridized carbons (Fsp3) is 0.435. The number of rotatable bonds is 13. The van der Waals surface area contributed by atoms with Crippen LogP contribution in [0.2, 0.25) is 0 Å². The van der Waals surface area contributed by atoms with Gasteiger partial charge in [0.2, 0.25) is 11.7 Å². The molecular weight excluding hydrogens is 426 g/mol. The number of aromatic nitrogens is 1. The molecule has 0 aliphatic heterocycles. The Morgan fingerprint density at radius 3 is 2.76 bits per heavy atom. The molecular formula is C23H27N5O5. The number of aromatic amines is 1. The number of esters is 1. The summed E-state index contributed by atoms with van der Waals surface area (Å²) in [6, 6.07) is 8.48. The van der Waals surface area contributed by atoms with Crippen molar-refractivity contribution in [2.75, 3.05) is 6.61 Å². The first-order chi connectivity index (χ1) is 15.8. The lowest BCUT2D eigenvalue weighted by Gasteiger charge is -2.22. The number of Topliss-reactive ketones (excluding diaryl/α,β-unsaturated/α-hetero) is 1. The highest BCUT2D eigenvalue weighted by Gasteiger charge is 2.29. The van der Waals surface area contributed by atoms with E-state index in [1.165, 1.54) is 0 Å². The van der Waals surface area contributed by atoms with Crippen LogP contribution >= 0.6 is 0 Å². The fourth-order valence-corrected chi connectivity index (χ4v) is 3.22. The molecule has 0 aliphatic carbocycles. The van der Waals surface area contributed by atoms with Gasteiger partial charge < -0.3 is 25.3 Å². The second-order valence-corrected chi connectivity index (χ2v) is 7.63. The van der Waals surface area contributed by atoms with Crippen LogP contribution in [0, 0.1) is 11.3 Å². The first-order valence-electron chi connectivity index (χ1n) is 10.6. The van der Waals surface area contributed by atoms with E-state index in [-0.39, 0.29) is 32.3 Å². The van der Waals surface area contributed by atoms with E-state index in [1.807, 2.05) is 30.3 Å². The van der Waals surface area contributed by atoms with Crippen LogP contribution in [0.5, 0.6) is 0 Å². The van der Waals surface area contributed by atoms with Crippen LogP contribution in [0.3, 0.4) is 0 Å². The third-order valence-corrected chi connectivity index (χ3v) is 4.74. The highest BCUT2D eigenvalue weighted by Crippen LogP contribution is 2.20. The number of ether oxygens (including phenoxy) is 2. The largest absolute Gasteiger partial charge is 0.461 e. The molecule has 174 valence electrons. The minimum absolute atomic E-state index is 0.0415. The van der Waals surface area contributed by atoms with Gasteiger partial charge in [0.15, 0.2) is 0 Å². The Hall–Kier alpha value is -3.80. The van der Waals surface area contributed by atoms with Crippen molar-refractivity contribution in [1.29, 1.82) is 5.26 Å². The second-order valence-electron chi connectivity index (χ2n) is 7.63. The zero-order valence-corrected chi connectivity index (χ0v) is 18.6. The Balaban J connectivity index is 2.19. The number of nitrogens with zero attached hydrogens (tertiary/aromatic N) is 3. The molecule has 0 saturated carbocycles. The maximum absolute atomic E-state index is 13.1. The van der Waals surface area contributed by atoms with E-state index in [2.05, 4.69) is 15.1 Å². The van der Waals surface area contributed by atoms with Gasteiger partial charge in [-0.1, -0.05) is 18.2 Å². The van der Waals surface area contributed by atoms with Gasteiger partial charge in [0.1, 0.15) is 12.1 Å². The Labute approximate surface area is 191 Å². The normalized spacial score (nSPS) is 12.4. The Morgan fingerprint density at radius 1 is 1.30 bits per heavy atom. The van der Waals surface area contributed by atoms with Gasteiger partial charge in [0, 0.05) is 29.9 Å². The number of benzene rings is 1.